The van der Waals surface area contributed by atoms with Crippen LogP contribution in [0, 0.1) is 6.92 Å². The molecule has 2 nitrogen and oxygen atoms in total. The minimum Gasteiger partial charge on any atom is -0.353 e. The van der Waals surface area contributed by atoms with Gasteiger partial charge in [-0.2, -0.15) is 0 Å². The van der Waals surface area contributed by atoms with Gasteiger partial charge in [-0.1, -0.05) is 35.9 Å². The number of aromatic nitrogens is 1. The number of hydrogen-bond acceptors (Lipinski definition) is 2. The molecule has 0 fully saturated rings. The molecule has 3 N–H and O–H groups in total. The summed E-state index contributed by atoms with van der Waals surface area (Å²) < 4.78 is 1.32. The number of unbranched alkanes of at least 4 members (excludes halogenated alkanes) is 1. The Kier molecular flexibility index (Phi) is 4.55. The lowest BCUT2D eigenvalue weighted by Gasteiger charge is -2.03. The average molecular weight is 369 g/mol. The number of hydrogen-bond donors (Lipinski definition) is 2. The Hall–Kier alpha value is -1.81. The summed E-state index contributed by atoms with van der Waals surface area (Å²) in [6, 6.07) is 15.0. The summed E-state index contributed by atoms with van der Waals surface area (Å²) in [5.74, 6) is 0. The number of thiophene rings is 1. The van der Waals surface area contributed by atoms with Crippen molar-refractivity contribution in [2.24, 2.45) is 5.73 Å². The molecule has 0 radical (unpaired) electrons. The highest BCUT2D eigenvalue weighted by Gasteiger charge is 2.17. The summed E-state index contributed by atoms with van der Waals surface area (Å²) >= 11 is 8.19. The van der Waals surface area contributed by atoms with Crippen molar-refractivity contribution >= 4 is 43.9 Å². The summed E-state index contributed by atoms with van der Waals surface area (Å²) in [6.45, 7) is 2.82. The second kappa shape index (κ2) is 6.83. The zero-order valence-electron chi connectivity index (χ0n) is 14.2. The quantitative estimate of drug-likeness (QED) is 0.399. The number of nitrogens with one attached hydrogen (secondary N) is 1. The molecular weight excluding hydrogens is 348 g/mol. The van der Waals surface area contributed by atoms with Crippen molar-refractivity contribution in [1.29, 1.82) is 0 Å². The summed E-state index contributed by atoms with van der Waals surface area (Å²) in [5.41, 5.74) is 10.6. The first-order chi connectivity index (χ1) is 12.2. The van der Waals surface area contributed by atoms with Crippen LogP contribution in [-0.2, 0) is 6.42 Å². The summed E-state index contributed by atoms with van der Waals surface area (Å²) in [6.07, 6.45) is 3.18. The molecule has 0 bridgehead atoms. The monoisotopic (exact) mass is 368 g/mol. The van der Waals surface area contributed by atoms with Crippen molar-refractivity contribution in [3.8, 4) is 10.6 Å². The van der Waals surface area contributed by atoms with Gasteiger partial charge in [0.2, 0.25) is 0 Å². The number of benzene rings is 2. The van der Waals surface area contributed by atoms with E-state index in [-0.39, 0.29) is 0 Å². The summed E-state index contributed by atoms with van der Waals surface area (Å²) in [4.78, 5) is 4.96. The van der Waals surface area contributed by atoms with Crippen molar-refractivity contribution in [2.45, 2.75) is 26.2 Å². The van der Waals surface area contributed by atoms with Crippen LogP contribution in [0.15, 0.2) is 42.5 Å². The van der Waals surface area contributed by atoms with Gasteiger partial charge < -0.3 is 10.7 Å². The summed E-state index contributed by atoms with van der Waals surface area (Å²) in [7, 11) is 0. The van der Waals surface area contributed by atoms with Crippen LogP contribution in [0.2, 0.25) is 5.02 Å². The molecule has 2 aromatic carbocycles. The molecular formula is C21H21ClN2S. The van der Waals surface area contributed by atoms with E-state index in [1.807, 2.05) is 17.4 Å². The molecule has 0 unspecified atom stereocenters. The number of aryl methyl sites for hydroxylation is 2. The van der Waals surface area contributed by atoms with Crippen LogP contribution in [0.4, 0.5) is 0 Å². The molecule has 2 aromatic heterocycles. The number of fused-ring (bicyclic) bond motifs is 2. The predicted octanol–water partition coefficient (Wildman–Crippen LogP) is 6.29. The van der Waals surface area contributed by atoms with Gasteiger partial charge in [-0.15, -0.1) is 11.3 Å². The van der Waals surface area contributed by atoms with E-state index in [0.29, 0.717) is 0 Å². The van der Waals surface area contributed by atoms with Gasteiger partial charge in [-0.05, 0) is 67.4 Å². The Morgan fingerprint density at radius 3 is 2.76 bits per heavy atom. The molecule has 0 spiro atoms. The fourth-order valence-corrected chi connectivity index (χ4v) is 4.70. The van der Waals surface area contributed by atoms with Crippen LogP contribution in [0.3, 0.4) is 0 Å². The lowest BCUT2D eigenvalue weighted by atomic mass is 10.0. The van der Waals surface area contributed by atoms with E-state index in [0.717, 1.165) is 41.9 Å². The minimum atomic E-state index is 0.742. The normalized spacial score (nSPS) is 11.6. The Labute approximate surface area is 156 Å². The SMILES string of the molecule is Cc1c(Cl)ccc2c(CCCCN)c(-c3cc4ccccc4s3)[nH]c12. The molecule has 0 atom stereocenters. The van der Waals surface area contributed by atoms with Gasteiger partial charge in [0.15, 0.2) is 0 Å². The van der Waals surface area contributed by atoms with E-state index >= 15 is 0 Å². The van der Waals surface area contributed by atoms with Crippen LogP contribution in [0.25, 0.3) is 31.6 Å². The van der Waals surface area contributed by atoms with Crippen LogP contribution >= 0.6 is 22.9 Å². The standard InChI is InChI=1S/C21H21ClN2S/c1-13-17(22)10-9-16-15(7-4-5-11-23)21(24-20(13)16)19-12-14-6-2-3-8-18(14)25-19/h2-3,6,8-10,12,24H,4-5,7,11,23H2,1H3. The predicted molar refractivity (Wildman–Crippen MR) is 111 cm³/mol. The number of aromatic amines is 1. The fourth-order valence-electron chi connectivity index (χ4n) is 3.46. The highest BCUT2D eigenvalue weighted by Crippen LogP contribution is 2.39. The van der Waals surface area contributed by atoms with Gasteiger partial charge in [0.1, 0.15) is 0 Å². The van der Waals surface area contributed by atoms with E-state index in [9.17, 15) is 0 Å². The number of H-pyrrole nitrogens is 1. The maximum atomic E-state index is 6.35. The molecule has 0 aliphatic rings. The molecule has 0 aliphatic carbocycles. The first-order valence-electron chi connectivity index (χ1n) is 8.67. The van der Waals surface area contributed by atoms with Crippen LogP contribution in [0.5, 0.6) is 0 Å². The van der Waals surface area contributed by atoms with Crippen molar-refractivity contribution in [1.82, 2.24) is 4.98 Å². The van der Waals surface area contributed by atoms with Crippen LogP contribution in [0.1, 0.15) is 24.0 Å². The van der Waals surface area contributed by atoms with Gasteiger partial charge in [-0.3, -0.25) is 0 Å². The molecule has 0 saturated heterocycles. The van der Waals surface area contributed by atoms with Crippen molar-refractivity contribution in [2.75, 3.05) is 6.54 Å². The third-order valence-electron chi connectivity index (χ3n) is 4.83. The van der Waals surface area contributed by atoms with Gasteiger partial charge in [0, 0.05) is 15.1 Å². The molecule has 0 saturated carbocycles. The third-order valence-corrected chi connectivity index (χ3v) is 6.37. The Balaban J connectivity index is 1.91. The number of nitrogens with two attached hydrogens (primary N) is 1. The van der Waals surface area contributed by atoms with Crippen LogP contribution in [-0.4, -0.2) is 11.5 Å². The van der Waals surface area contributed by atoms with Crippen molar-refractivity contribution in [3.05, 3.63) is 58.6 Å². The Morgan fingerprint density at radius 2 is 1.96 bits per heavy atom. The first-order valence-corrected chi connectivity index (χ1v) is 9.87. The molecule has 25 heavy (non-hydrogen) atoms. The molecule has 4 heteroatoms. The molecule has 4 aromatic rings. The van der Waals surface area contributed by atoms with E-state index in [4.69, 9.17) is 17.3 Å². The molecule has 0 amide bonds. The Bertz CT molecular complexity index is 1010. The Morgan fingerprint density at radius 1 is 1.12 bits per heavy atom. The highest BCUT2D eigenvalue weighted by molar-refractivity contribution is 7.22. The molecule has 0 aliphatic heterocycles. The smallest absolute Gasteiger partial charge is 0.0599 e. The van der Waals surface area contributed by atoms with Gasteiger partial charge in [0.25, 0.3) is 0 Å². The largest absolute Gasteiger partial charge is 0.353 e. The van der Waals surface area contributed by atoms with Gasteiger partial charge in [-0.25, -0.2) is 0 Å². The lowest BCUT2D eigenvalue weighted by molar-refractivity contribution is 0.748. The van der Waals surface area contributed by atoms with Gasteiger partial charge in [0.05, 0.1) is 16.1 Å². The van der Waals surface area contributed by atoms with Crippen LogP contribution < -0.4 is 5.73 Å². The molecule has 4 rings (SSSR count). The fraction of sp³-hybridized carbons (Fsp3) is 0.238. The van der Waals surface area contributed by atoms with Gasteiger partial charge >= 0.3 is 0 Å². The third kappa shape index (κ3) is 2.97. The molecule has 128 valence electrons. The van der Waals surface area contributed by atoms with E-state index in [1.54, 1.807) is 0 Å². The van der Waals surface area contributed by atoms with E-state index in [2.05, 4.69) is 48.3 Å². The molecule has 2 heterocycles. The lowest BCUT2D eigenvalue weighted by Crippen LogP contribution is -1.99. The van der Waals surface area contributed by atoms with Crippen molar-refractivity contribution in [3.63, 3.8) is 0 Å². The first kappa shape index (κ1) is 16.6. The van der Waals surface area contributed by atoms with E-state index < -0.39 is 0 Å². The zero-order valence-corrected chi connectivity index (χ0v) is 15.8. The average Bonchev–Trinajstić information content (AvgIpc) is 3.20. The maximum absolute atomic E-state index is 6.35. The minimum absolute atomic E-state index is 0.742. The number of rotatable bonds is 5. The number of halogens is 1. The van der Waals surface area contributed by atoms with Crippen molar-refractivity contribution < 1.29 is 0 Å². The zero-order chi connectivity index (χ0) is 17.4. The second-order valence-corrected chi connectivity index (χ2v) is 7.96. The topological polar surface area (TPSA) is 41.8 Å². The summed E-state index contributed by atoms with van der Waals surface area (Å²) in [5, 5.41) is 3.39. The van der Waals surface area contributed by atoms with E-state index in [1.165, 1.54) is 31.6 Å². The second-order valence-electron chi connectivity index (χ2n) is 6.47. The maximum Gasteiger partial charge on any atom is 0.0599 e. The highest BCUT2D eigenvalue weighted by atomic mass is 35.5.